The second-order valence-electron chi connectivity index (χ2n) is 11.6. The van der Waals surface area contributed by atoms with E-state index in [1.54, 1.807) is 0 Å². The van der Waals surface area contributed by atoms with Crippen LogP contribution in [0.4, 0.5) is 0 Å². The van der Waals surface area contributed by atoms with E-state index >= 15 is 0 Å². The van der Waals surface area contributed by atoms with Crippen LogP contribution < -0.4 is 0 Å². The van der Waals surface area contributed by atoms with Gasteiger partial charge in [0.25, 0.3) is 0 Å². The summed E-state index contributed by atoms with van der Waals surface area (Å²) in [5.41, 5.74) is 13.4. The topological polar surface area (TPSA) is 31.0 Å². The molecule has 0 aliphatic rings. The Morgan fingerprint density at radius 3 is 1.43 bits per heavy atom. The van der Waals surface area contributed by atoms with Crippen LogP contribution in [-0.4, -0.2) is 9.55 Å². The number of benzene rings is 7. The SMILES string of the molecule is c1ccc(-c2ccc3c(c2)c2cc(-c4ccc(-c5ccc(-c6nc7ccccc7o6)cc5)cc4)ccc2n3-c2ccccc2)cc1. The zero-order valence-corrected chi connectivity index (χ0v) is 25.0. The van der Waals surface area contributed by atoms with Crippen molar-refractivity contribution < 1.29 is 4.42 Å². The zero-order valence-electron chi connectivity index (χ0n) is 25.0. The van der Waals surface area contributed by atoms with Gasteiger partial charge in [0, 0.05) is 22.0 Å². The van der Waals surface area contributed by atoms with Gasteiger partial charge in [0.2, 0.25) is 5.89 Å². The van der Waals surface area contributed by atoms with Crippen LogP contribution >= 0.6 is 0 Å². The van der Waals surface area contributed by atoms with Crippen LogP contribution in [0.3, 0.4) is 0 Å². The van der Waals surface area contributed by atoms with Crippen molar-refractivity contribution in [2.75, 3.05) is 0 Å². The fourth-order valence-corrected chi connectivity index (χ4v) is 6.52. The number of hydrogen-bond acceptors (Lipinski definition) is 2. The third-order valence-corrected chi connectivity index (χ3v) is 8.86. The van der Waals surface area contributed by atoms with Gasteiger partial charge in [0.15, 0.2) is 5.58 Å². The van der Waals surface area contributed by atoms with E-state index in [1.165, 1.54) is 49.6 Å². The molecule has 0 aliphatic heterocycles. The van der Waals surface area contributed by atoms with E-state index in [0.29, 0.717) is 5.89 Å². The molecule has 0 saturated heterocycles. The Balaban J connectivity index is 1.09. The number of rotatable bonds is 5. The van der Waals surface area contributed by atoms with Gasteiger partial charge in [-0.3, -0.25) is 0 Å². The monoisotopic (exact) mass is 588 g/mol. The molecular formula is C43H28N2O. The average molecular weight is 589 g/mol. The summed E-state index contributed by atoms with van der Waals surface area (Å²) in [6.45, 7) is 0. The first kappa shape index (κ1) is 26.2. The minimum Gasteiger partial charge on any atom is -0.436 e. The third-order valence-electron chi connectivity index (χ3n) is 8.86. The Morgan fingerprint density at radius 2 is 0.848 bits per heavy atom. The lowest BCUT2D eigenvalue weighted by Crippen LogP contribution is -1.93. The summed E-state index contributed by atoms with van der Waals surface area (Å²) in [5, 5.41) is 2.49. The molecule has 0 bridgehead atoms. The fraction of sp³-hybridized carbons (Fsp3) is 0. The Hall–Kier alpha value is -6.19. The van der Waals surface area contributed by atoms with E-state index in [4.69, 9.17) is 4.42 Å². The molecular weight excluding hydrogens is 560 g/mol. The molecule has 46 heavy (non-hydrogen) atoms. The van der Waals surface area contributed by atoms with Crippen LogP contribution in [-0.2, 0) is 0 Å². The van der Waals surface area contributed by atoms with Gasteiger partial charge in [-0.25, -0.2) is 4.98 Å². The van der Waals surface area contributed by atoms with Crippen LogP contribution in [0.15, 0.2) is 174 Å². The van der Waals surface area contributed by atoms with Crippen molar-refractivity contribution in [3.05, 3.63) is 170 Å². The van der Waals surface area contributed by atoms with Crippen LogP contribution in [0.2, 0.25) is 0 Å². The number of nitrogens with zero attached hydrogens (tertiary/aromatic N) is 2. The molecule has 9 aromatic rings. The van der Waals surface area contributed by atoms with E-state index in [1.807, 2.05) is 24.3 Å². The van der Waals surface area contributed by atoms with Crippen molar-refractivity contribution in [2.45, 2.75) is 0 Å². The molecule has 216 valence electrons. The van der Waals surface area contributed by atoms with Crippen LogP contribution in [0.5, 0.6) is 0 Å². The lowest BCUT2D eigenvalue weighted by Gasteiger charge is -2.09. The second-order valence-corrected chi connectivity index (χ2v) is 11.6. The van der Waals surface area contributed by atoms with Gasteiger partial charge in [0.05, 0.1) is 11.0 Å². The standard InChI is InChI=1S/C43H28N2O/c1-3-9-29(10-4-1)34-23-25-40-37(27-34)38-28-35(24-26-41(38)45(40)36-11-5-2-6-12-36)32-17-15-30(16-18-32)31-19-21-33(22-20-31)43-44-39-13-7-8-14-42(39)46-43/h1-28H. The number of oxazole rings is 1. The van der Waals surface area contributed by atoms with Crippen molar-refractivity contribution >= 4 is 32.9 Å². The molecule has 9 rings (SSSR count). The second kappa shape index (κ2) is 10.8. The van der Waals surface area contributed by atoms with Gasteiger partial charge in [-0.1, -0.05) is 109 Å². The van der Waals surface area contributed by atoms with E-state index < -0.39 is 0 Å². The lowest BCUT2D eigenvalue weighted by molar-refractivity contribution is 0.620. The molecule has 0 unspecified atom stereocenters. The van der Waals surface area contributed by atoms with Crippen LogP contribution in [0.25, 0.3) is 83.4 Å². The first-order chi connectivity index (χ1) is 22.8. The molecule has 0 saturated carbocycles. The lowest BCUT2D eigenvalue weighted by atomic mass is 9.98. The molecule has 0 radical (unpaired) electrons. The summed E-state index contributed by atoms with van der Waals surface area (Å²) >= 11 is 0. The quantitative estimate of drug-likeness (QED) is 0.200. The summed E-state index contributed by atoms with van der Waals surface area (Å²) in [6.07, 6.45) is 0. The Bertz CT molecular complexity index is 2460. The van der Waals surface area contributed by atoms with Crippen molar-refractivity contribution in [1.29, 1.82) is 0 Å². The molecule has 0 atom stereocenters. The Kier molecular flexibility index (Phi) is 6.14. The molecule has 7 aromatic carbocycles. The normalized spacial score (nSPS) is 11.5. The van der Waals surface area contributed by atoms with Gasteiger partial charge in [-0.15, -0.1) is 0 Å². The first-order valence-electron chi connectivity index (χ1n) is 15.5. The predicted molar refractivity (Wildman–Crippen MR) is 190 cm³/mol. The summed E-state index contributed by atoms with van der Waals surface area (Å²) < 4.78 is 8.34. The minimum absolute atomic E-state index is 0.642. The summed E-state index contributed by atoms with van der Waals surface area (Å²) in [6, 6.07) is 60.0. The molecule has 0 aliphatic carbocycles. The molecule has 2 heterocycles. The number of aromatic nitrogens is 2. The predicted octanol–water partition coefficient (Wildman–Crippen LogP) is 11.6. The van der Waals surface area contributed by atoms with Gasteiger partial charge >= 0.3 is 0 Å². The smallest absolute Gasteiger partial charge is 0.227 e. The Morgan fingerprint density at radius 1 is 0.391 bits per heavy atom. The van der Waals surface area contributed by atoms with Gasteiger partial charge < -0.3 is 8.98 Å². The van der Waals surface area contributed by atoms with Crippen LogP contribution in [0, 0.1) is 0 Å². The van der Waals surface area contributed by atoms with E-state index in [0.717, 1.165) is 27.9 Å². The maximum absolute atomic E-state index is 5.96. The van der Waals surface area contributed by atoms with E-state index in [-0.39, 0.29) is 0 Å². The minimum atomic E-state index is 0.642. The maximum atomic E-state index is 5.96. The average Bonchev–Trinajstić information content (AvgIpc) is 3.71. The van der Waals surface area contributed by atoms with Crippen molar-refractivity contribution in [1.82, 2.24) is 9.55 Å². The number of fused-ring (bicyclic) bond motifs is 4. The van der Waals surface area contributed by atoms with Gasteiger partial charge in [-0.05, 0) is 94.0 Å². The number of hydrogen-bond donors (Lipinski definition) is 0. The molecule has 3 heteroatoms. The molecule has 0 amide bonds. The summed E-state index contributed by atoms with van der Waals surface area (Å²) in [4.78, 5) is 4.64. The molecule has 3 nitrogen and oxygen atoms in total. The molecule has 0 spiro atoms. The maximum Gasteiger partial charge on any atom is 0.227 e. The van der Waals surface area contributed by atoms with Crippen molar-refractivity contribution in [2.24, 2.45) is 0 Å². The van der Waals surface area contributed by atoms with Crippen LogP contribution in [0.1, 0.15) is 0 Å². The van der Waals surface area contributed by atoms with Crippen molar-refractivity contribution in [3.63, 3.8) is 0 Å². The fourth-order valence-electron chi connectivity index (χ4n) is 6.52. The Labute approximate surface area is 266 Å². The molecule has 0 fully saturated rings. The van der Waals surface area contributed by atoms with E-state index in [2.05, 4.69) is 155 Å². The summed E-state index contributed by atoms with van der Waals surface area (Å²) in [5.74, 6) is 0.642. The zero-order chi connectivity index (χ0) is 30.5. The highest BCUT2D eigenvalue weighted by molar-refractivity contribution is 6.11. The van der Waals surface area contributed by atoms with E-state index in [9.17, 15) is 0 Å². The molecule has 2 aromatic heterocycles. The first-order valence-corrected chi connectivity index (χ1v) is 15.5. The highest BCUT2D eigenvalue weighted by Gasteiger charge is 2.15. The van der Waals surface area contributed by atoms with Gasteiger partial charge in [0.1, 0.15) is 5.52 Å². The highest BCUT2D eigenvalue weighted by Crippen LogP contribution is 2.37. The summed E-state index contributed by atoms with van der Waals surface area (Å²) in [7, 11) is 0. The largest absolute Gasteiger partial charge is 0.436 e. The third kappa shape index (κ3) is 4.49. The molecule has 0 N–H and O–H groups in total. The highest BCUT2D eigenvalue weighted by atomic mass is 16.3. The van der Waals surface area contributed by atoms with Crippen molar-refractivity contribution in [3.8, 4) is 50.5 Å². The van der Waals surface area contributed by atoms with Gasteiger partial charge in [-0.2, -0.15) is 0 Å². The number of para-hydroxylation sites is 3.